The molecule has 0 unspecified atom stereocenters. The molecule has 2 N–H and O–H groups in total. The summed E-state index contributed by atoms with van der Waals surface area (Å²) in [6.07, 6.45) is 0.766. The maximum Gasteiger partial charge on any atom is 0.229 e. The van der Waals surface area contributed by atoms with Gasteiger partial charge in [-0.1, -0.05) is 36.8 Å². The molecule has 0 saturated carbocycles. The lowest BCUT2D eigenvalue weighted by Gasteiger charge is -2.06. The van der Waals surface area contributed by atoms with Gasteiger partial charge in [-0.3, -0.25) is 9.59 Å². The first-order valence-electron chi connectivity index (χ1n) is 6.20. The van der Waals surface area contributed by atoms with Gasteiger partial charge < -0.3 is 10.6 Å². The Kier molecular flexibility index (Phi) is 5.91. The van der Waals surface area contributed by atoms with E-state index in [4.69, 9.17) is 0 Å². The number of amides is 2. The van der Waals surface area contributed by atoms with E-state index >= 15 is 0 Å². The van der Waals surface area contributed by atoms with Crippen LogP contribution in [0.2, 0.25) is 0 Å². The van der Waals surface area contributed by atoms with Crippen LogP contribution >= 0.6 is 0 Å². The Labute approximate surface area is 108 Å². The molecular formula is C14H20N2O2. The fourth-order valence-electron chi connectivity index (χ4n) is 1.44. The third-order valence-corrected chi connectivity index (χ3v) is 2.50. The van der Waals surface area contributed by atoms with Crippen molar-refractivity contribution in [1.82, 2.24) is 10.6 Å². The third kappa shape index (κ3) is 5.48. The van der Waals surface area contributed by atoms with Crippen molar-refractivity contribution in [3.63, 3.8) is 0 Å². The normalized spacial score (nSPS) is 9.89. The van der Waals surface area contributed by atoms with Crippen molar-refractivity contribution in [2.45, 2.75) is 33.2 Å². The smallest absolute Gasteiger partial charge is 0.229 e. The summed E-state index contributed by atoms with van der Waals surface area (Å²) >= 11 is 0. The van der Waals surface area contributed by atoms with Gasteiger partial charge in [0.05, 0.1) is 0 Å². The Bertz CT molecular complexity index is 399. The fraction of sp³-hybridized carbons (Fsp3) is 0.429. The van der Waals surface area contributed by atoms with Gasteiger partial charge in [-0.25, -0.2) is 0 Å². The zero-order chi connectivity index (χ0) is 13.4. The molecule has 4 heteroatoms. The van der Waals surface area contributed by atoms with E-state index in [1.165, 1.54) is 5.56 Å². The van der Waals surface area contributed by atoms with Gasteiger partial charge in [0.25, 0.3) is 0 Å². The average molecular weight is 248 g/mol. The van der Waals surface area contributed by atoms with E-state index in [0.717, 1.165) is 12.0 Å². The van der Waals surface area contributed by atoms with E-state index in [2.05, 4.69) is 10.6 Å². The van der Waals surface area contributed by atoms with Crippen molar-refractivity contribution < 1.29 is 9.59 Å². The lowest BCUT2D eigenvalue weighted by molar-refractivity contribution is -0.129. The Morgan fingerprint density at radius 3 is 2.28 bits per heavy atom. The number of nitrogens with one attached hydrogen (secondary N) is 2. The largest absolute Gasteiger partial charge is 0.356 e. The second-order valence-corrected chi connectivity index (χ2v) is 4.29. The van der Waals surface area contributed by atoms with Crippen LogP contribution in [0.5, 0.6) is 0 Å². The van der Waals surface area contributed by atoms with Crippen LogP contribution < -0.4 is 10.6 Å². The quantitative estimate of drug-likeness (QED) is 0.750. The van der Waals surface area contributed by atoms with Crippen molar-refractivity contribution in [3.05, 3.63) is 35.4 Å². The minimum Gasteiger partial charge on any atom is -0.356 e. The molecule has 0 heterocycles. The average Bonchev–Trinajstić information content (AvgIpc) is 2.35. The standard InChI is InChI=1S/C14H20N2O2/c1-3-8-15-13(17)9-14(18)16-10-12-6-4-11(2)5-7-12/h4-7H,3,8-10H2,1-2H3,(H,15,17)(H,16,18). The first-order valence-corrected chi connectivity index (χ1v) is 6.20. The van der Waals surface area contributed by atoms with Crippen molar-refractivity contribution in [1.29, 1.82) is 0 Å². The van der Waals surface area contributed by atoms with Crippen LogP contribution in [0.15, 0.2) is 24.3 Å². The highest BCUT2D eigenvalue weighted by atomic mass is 16.2. The molecule has 18 heavy (non-hydrogen) atoms. The predicted octanol–water partition coefficient (Wildman–Crippen LogP) is 1.53. The number of rotatable bonds is 6. The molecule has 0 spiro atoms. The van der Waals surface area contributed by atoms with Gasteiger partial charge in [-0.2, -0.15) is 0 Å². The number of carbonyl (C=O) groups excluding carboxylic acids is 2. The van der Waals surface area contributed by atoms with Crippen LogP contribution in [0.1, 0.15) is 30.9 Å². The molecule has 0 aliphatic rings. The van der Waals surface area contributed by atoms with E-state index in [1.807, 2.05) is 38.1 Å². The first kappa shape index (κ1) is 14.2. The Hall–Kier alpha value is -1.84. The van der Waals surface area contributed by atoms with E-state index < -0.39 is 0 Å². The summed E-state index contributed by atoms with van der Waals surface area (Å²) in [5, 5.41) is 5.40. The van der Waals surface area contributed by atoms with Gasteiger partial charge in [-0.15, -0.1) is 0 Å². The molecule has 1 aromatic rings. The van der Waals surface area contributed by atoms with Gasteiger partial charge in [0.1, 0.15) is 6.42 Å². The van der Waals surface area contributed by atoms with Crippen LogP contribution in [-0.2, 0) is 16.1 Å². The van der Waals surface area contributed by atoms with Gasteiger partial charge in [-0.05, 0) is 18.9 Å². The van der Waals surface area contributed by atoms with E-state index in [0.29, 0.717) is 13.1 Å². The summed E-state index contributed by atoms with van der Waals surface area (Å²) < 4.78 is 0. The maximum absolute atomic E-state index is 11.5. The van der Waals surface area contributed by atoms with Gasteiger partial charge >= 0.3 is 0 Å². The molecule has 0 aliphatic heterocycles. The van der Waals surface area contributed by atoms with Gasteiger partial charge in [0.15, 0.2) is 0 Å². The van der Waals surface area contributed by atoms with E-state index in [1.54, 1.807) is 0 Å². The lowest BCUT2D eigenvalue weighted by atomic mass is 10.1. The number of carbonyl (C=O) groups is 2. The minimum absolute atomic E-state index is 0.105. The number of aryl methyl sites for hydroxylation is 1. The summed E-state index contributed by atoms with van der Waals surface area (Å²) in [6, 6.07) is 7.92. The van der Waals surface area contributed by atoms with Crippen LogP contribution in [0.25, 0.3) is 0 Å². The Morgan fingerprint density at radius 1 is 1.06 bits per heavy atom. The van der Waals surface area contributed by atoms with Gasteiger partial charge in [0, 0.05) is 13.1 Å². The zero-order valence-corrected chi connectivity index (χ0v) is 11.0. The zero-order valence-electron chi connectivity index (χ0n) is 11.0. The van der Waals surface area contributed by atoms with Crippen molar-refractivity contribution in [2.75, 3.05) is 6.54 Å². The second kappa shape index (κ2) is 7.48. The van der Waals surface area contributed by atoms with Crippen molar-refractivity contribution in [2.24, 2.45) is 0 Å². The molecule has 1 aromatic carbocycles. The first-order chi connectivity index (χ1) is 8.61. The molecule has 0 saturated heterocycles. The number of benzene rings is 1. The summed E-state index contributed by atoms with van der Waals surface area (Å²) in [5.41, 5.74) is 2.21. The molecule has 0 aliphatic carbocycles. The SMILES string of the molecule is CCCNC(=O)CC(=O)NCc1ccc(C)cc1. The highest BCUT2D eigenvalue weighted by Crippen LogP contribution is 2.02. The van der Waals surface area contributed by atoms with Crippen molar-refractivity contribution in [3.8, 4) is 0 Å². The lowest BCUT2D eigenvalue weighted by Crippen LogP contribution is -2.31. The predicted molar refractivity (Wildman–Crippen MR) is 70.9 cm³/mol. The topological polar surface area (TPSA) is 58.2 Å². The maximum atomic E-state index is 11.5. The molecule has 0 bridgehead atoms. The summed E-state index contributed by atoms with van der Waals surface area (Å²) in [7, 11) is 0. The molecular weight excluding hydrogens is 228 g/mol. The summed E-state index contributed by atoms with van der Waals surface area (Å²) in [5.74, 6) is -0.470. The fourth-order valence-corrected chi connectivity index (χ4v) is 1.44. The van der Waals surface area contributed by atoms with Crippen LogP contribution in [0.4, 0.5) is 0 Å². The third-order valence-electron chi connectivity index (χ3n) is 2.50. The molecule has 4 nitrogen and oxygen atoms in total. The highest BCUT2D eigenvalue weighted by molar-refractivity contribution is 5.96. The number of hydrogen-bond donors (Lipinski definition) is 2. The Balaban J connectivity index is 2.28. The molecule has 0 radical (unpaired) electrons. The van der Waals surface area contributed by atoms with E-state index in [9.17, 15) is 9.59 Å². The molecule has 2 amide bonds. The highest BCUT2D eigenvalue weighted by Gasteiger charge is 2.07. The molecule has 0 atom stereocenters. The van der Waals surface area contributed by atoms with Crippen LogP contribution in [0.3, 0.4) is 0 Å². The van der Waals surface area contributed by atoms with Crippen LogP contribution in [-0.4, -0.2) is 18.4 Å². The molecule has 0 aromatic heterocycles. The molecule has 1 rings (SSSR count). The summed E-state index contributed by atoms with van der Waals surface area (Å²) in [6.45, 7) is 5.06. The molecule has 0 fully saturated rings. The second-order valence-electron chi connectivity index (χ2n) is 4.29. The summed E-state index contributed by atoms with van der Waals surface area (Å²) in [4.78, 5) is 22.8. The Morgan fingerprint density at radius 2 is 1.67 bits per heavy atom. The van der Waals surface area contributed by atoms with Crippen LogP contribution in [0, 0.1) is 6.92 Å². The monoisotopic (exact) mass is 248 g/mol. The van der Waals surface area contributed by atoms with Gasteiger partial charge in [0.2, 0.25) is 11.8 Å². The van der Waals surface area contributed by atoms with E-state index in [-0.39, 0.29) is 18.2 Å². The number of hydrogen-bond acceptors (Lipinski definition) is 2. The minimum atomic E-state index is -0.246. The molecule has 98 valence electrons. The van der Waals surface area contributed by atoms with Crippen molar-refractivity contribution >= 4 is 11.8 Å².